The summed E-state index contributed by atoms with van der Waals surface area (Å²) >= 11 is 0. The predicted molar refractivity (Wildman–Crippen MR) is 148 cm³/mol. The summed E-state index contributed by atoms with van der Waals surface area (Å²) in [6.07, 6.45) is 6.58. The van der Waals surface area contributed by atoms with Crippen LogP contribution in [0.1, 0.15) is 31.8 Å². The van der Waals surface area contributed by atoms with Crippen molar-refractivity contribution in [2.75, 3.05) is 0 Å². The van der Waals surface area contributed by atoms with Crippen molar-refractivity contribution in [3.8, 4) is 22.3 Å². The molecule has 0 radical (unpaired) electrons. The van der Waals surface area contributed by atoms with Gasteiger partial charge in [-0.1, -0.05) is 48.5 Å². The topological polar surface area (TPSA) is 84.0 Å². The maximum atomic E-state index is 14.4. The highest BCUT2D eigenvalue weighted by Crippen LogP contribution is 2.22. The number of pyridine rings is 2. The Labute approximate surface area is 229 Å². The molecule has 6 nitrogen and oxygen atoms in total. The van der Waals surface area contributed by atoms with Crippen LogP contribution in [0, 0.1) is 11.6 Å². The van der Waals surface area contributed by atoms with Crippen LogP contribution in [0.4, 0.5) is 8.78 Å². The number of rotatable bonds is 8. The van der Waals surface area contributed by atoms with Gasteiger partial charge < -0.3 is 10.6 Å². The van der Waals surface area contributed by atoms with Gasteiger partial charge in [-0.3, -0.25) is 19.6 Å². The molecule has 0 unspecified atom stereocenters. The van der Waals surface area contributed by atoms with Crippen LogP contribution in [0.2, 0.25) is 0 Å². The second kappa shape index (κ2) is 12.1. The van der Waals surface area contributed by atoms with E-state index in [1.807, 2.05) is 12.1 Å². The fourth-order valence-electron chi connectivity index (χ4n) is 4.15. The zero-order chi connectivity index (χ0) is 27.9. The Morgan fingerprint density at radius 3 is 1.38 bits per heavy atom. The monoisotopic (exact) mass is 534 g/mol. The van der Waals surface area contributed by atoms with Gasteiger partial charge in [0.25, 0.3) is 11.8 Å². The summed E-state index contributed by atoms with van der Waals surface area (Å²) in [4.78, 5) is 33.5. The fraction of sp³-hybridized carbons (Fsp3) is 0.0625. The molecule has 0 saturated heterocycles. The second-order valence-corrected chi connectivity index (χ2v) is 9.05. The maximum absolute atomic E-state index is 14.4. The Balaban J connectivity index is 1.18. The Morgan fingerprint density at radius 1 is 0.575 bits per heavy atom. The lowest BCUT2D eigenvalue weighted by atomic mass is 10.0. The van der Waals surface area contributed by atoms with Gasteiger partial charge in [-0.2, -0.15) is 0 Å². The lowest BCUT2D eigenvalue weighted by Gasteiger charge is -2.10. The Hall–Kier alpha value is -5.24. The summed E-state index contributed by atoms with van der Waals surface area (Å²) in [6.45, 7) is 0.378. The zero-order valence-electron chi connectivity index (χ0n) is 21.3. The van der Waals surface area contributed by atoms with Crippen molar-refractivity contribution in [3.05, 3.63) is 144 Å². The Bertz CT molecular complexity index is 1520. The fourth-order valence-corrected chi connectivity index (χ4v) is 4.15. The minimum absolute atomic E-state index is 0.0551. The van der Waals surface area contributed by atoms with Crippen LogP contribution >= 0.6 is 0 Å². The van der Waals surface area contributed by atoms with Gasteiger partial charge in [0.05, 0.1) is 11.1 Å². The van der Waals surface area contributed by atoms with E-state index in [0.717, 1.165) is 22.3 Å². The number of halogens is 2. The number of benzene rings is 3. The first kappa shape index (κ1) is 26.4. The first-order valence-corrected chi connectivity index (χ1v) is 12.5. The minimum atomic E-state index is -0.612. The third kappa shape index (κ3) is 6.24. The largest absolute Gasteiger partial charge is 0.348 e. The van der Waals surface area contributed by atoms with Crippen molar-refractivity contribution in [2.45, 2.75) is 13.1 Å². The molecule has 0 saturated carbocycles. The summed E-state index contributed by atoms with van der Waals surface area (Å²) in [5, 5.41) is 5.48. The normalized spacial score (nSPS) is 10.7. The van der Waals surface area contributed by atoms with E-state index in [-0.39, 0.29) is 24.2 Å². The number of nitrogens with zero attached hydrogens (tertiary/aromatic N) is 2. The summed E-state index contributed by atoms with van der Waals surface area (Å²) in [5.41, 5.74) is 4.42. The van der Waals surface area contributed by atoms with Crippen LogP contribution in [0.3, 0.4) is 0 Å². The predicted octanol–water partition coefficient (Wildman–Crippen LogP) is 5.95. The number of nitrogens with one attached hydrogen (secondary N) is 2. The van der Waals surface area contributed by atoms with E-state index < -0.39 is 23.4 Å². The van der Waals surface area contributed by atoms with E-state index >= 15 is 0 Å². The highest BCUT2D eigenvalue weighted by Gasteiger charge is 2.15. The minimum Gasteiger partial charge on any atom is -0.348 e. The van der Waals surface area contributed by atoms with Crippen molar-refractivity contribution in [3.63, 3.8) is 0 Å². The van der Waals surface area contributed by atoms with E-state index in [9.17, 15) is 18.4 Å². The summed E-state index contributed by atoms with van der Waals surface area (Å²) < 4.78 is 28.8. The number of amides is 2. The molecule has 198 valence electrons. The van der Waals surface area contributed by atoms with E-state index in [4.69, 9.17) is 0 Å². The van der Waals surface area contributed by atoms with Gasteiger partial charge in [0, 0.05) is 49.0 Å². The zero-order valence-corrected chi connectivity index (χ0v) is 21.3. The first-order chi connectivity index (χ1) is 19.5. The van der Waals surface area contributed by atoms with Crippen molar-refractivity contribution in [1.82, 2.24) is 20.6 Å². The SMILES string of the molecule is O=C(NCc1ccc(CNC(=O)c2cc(-c3cccnc3)ccc2F)cc1)c1cc(-c2cccnc2)ccc1F. The molecule has 0 aliphatic carbocycles. The van der Waals surface area contributed by atoms with Crippen LogP contribution in [-0.4, -0.2) is 21.8 Å². The highest BCUT2D eigenvalue weighted by atomic mass is 19.1. The van der Waals surface area contributed by atoms with Crippen LogP contribution in [0.25, 0.3) is 22.3 Å². The molecule has 0 fully saturated rings. The number of carbonyl (C=O) groups is 2. The first-order valence-electron chi connectivity index (χ1n) is 12.5. The van der Waals surface area contributed by atoms with Crippen molar-refractivity contribution >= 4 is 11.8 Å². The third-order valence-corrected chi connectivity index (χ3v) is 6.34. The lowest BCUT2D eigenvalue weighted by Crippen LogP contribution is -2.24. The average molecular weight is 535 g/mol. The molecule has 40 heavy (non-hydrogen) atoms. The van der Waals surface area contributed by atoms with Crippen LogP contribution in [0.15, 0.2) is 110 Å². The van der Waals surface area contributed by atoms with Gasteiger partial charge in [-0.05, 0) is 58.7 Å². The number of hydrogen-bond donors (Lipinski definition) is 2. The number of aromatic nitrogens is 2. The summed E-state index contributed by atoms with van der Waals surface area (Å²) in [5.74, 6) is -2.29. The van der Waals surface area contributed by atoms with Gasteiger partial charge in [0.1, 0.15) is 11.6 Å². The van der Waals surface area contributed by atoms with Gasteiger partial charge in [0.2, 0.25) is 0 Å². The third-order valence-electron chi connectivity index (χ3n) is 6.34. The number of carbonyl (C=O) groups excluding carboxylic acids is 2. The van der Waals surface area contributed by atoms with Gasteiger partial charge in [-0.15, -0.1) is 0 Å². The molecule has 0 aliphatic rings. The van der Waals surface area contributed by atoms with E-state index in [1.54, 1.807) is 73.3 Å². The quantitative estimate of drug-likeness (QED) is 0.258. The standard InChI is InChI=1S/C32H24F2N4O2/c33-29-11-9-23(25-3-1-13-35-19-25)15-27(29)31(39)37-17-21-5-7-22(8-6-21)18-38-32(40)28-16-24(10-12-30(28)34)26-4-2-14-36-20-26/h1-16,19-20H,17-18H2,(H,37,39)(H,38,40). The van der Waals surface area contributed by atoms with Gasteiger partial charge in [-0.25, -0.2) is 8.78 Å². The highest BCUT2D eigenvalue weighted by molar-refractivity contribution is 5.96. The van der Waals surface area contributed by atoms with Crippen LogP contribution < -0.4 is 10.6 Å². The molecule has 5 rings (SSSR count). The van der Waals surface area contributed by atoms with Crippen LogP contribution in [-0.2, 0) is 13.1 Å². The molecular weight excluding hydrogens is 510 g/mol. The molecule has 3 aromatic carbocycles. The van der Waals surface area contributed by atoms with Crippen molar-refractivity contribution in [2.24, 2.45) is 0 Å². The number of hydrogen-bond acceptors (Lipinski definition) is 4. The molecule has 0 spiro atoms. The van der Waals surface area contributed by atoms with Crippen molar-refractivity contribution < 1.29 is 18.4 Å². The Morgan fingerprint density at radius 2 is 1.00 bits per heavy atom. The summed E-state index contributed by atoms with van der Waals surface area (Å²) in [7, 11) is 0. The van der Waals surface area contributed by atoms with Gasteiger partial charge in [0.15, 0.2) is 0 Å². The average Bonchev–Trinajstić information content (AvgIpc) is 3.00. The molecular formula is C32H24F2N4O2. The molecule has 2 N–H and O–H groups in total. The molecule has 8 heteroatoms. The van der Waals surface area contributed by atoms with E-state index in [1.165, 1.54) is 24.3 Å². The molecule has 0 bridgehead atoms. The van der Waals surface area contributed by atoms with E-state index in [0.29, 0.717) is 11.1 Å². The van der Waals surface area contributed by atoms with E-state index in [2.05, 4.69) is 20.6 Å². The molecule has 2 aromatic heterocycles. The molecule has 2 heterocycles. The Kier molecular flexibility index (Phi) is 7.97. The lowest BCUT2D eigenvalue weighted by molar-refractivity contribution is 0.0938. The van der Waals surface area contributed by atoms with Gasteiger partial charge >= 0.3 is 0 Å². The maximum Gasteiger partial charge on any atom is 0.254 e. The summed E-state index contributed by atoms with van der Waals surface area (Å²) in [6, 6.07) is 23.2. The molecule has 0 atom stereocenters. The molecule has 5 aromatic rings. The van der Waals surface area contributed by atoms with Crippen molar-refractivity contribution in [1.29, 1.82) is 0 Å². The molecule has 2 amide bonds. The smallest absolute Gasteiger partial charge is 0.254 e. The van der Waals surface area contributed by atoms with Crippen LogP contribution in [0.5, 0.6) is 0 Å². The second-order valence-electron chi connectivity index (χ2n) is 9.05. The molecule has 0 aliphatic heterocycles.